The summed E-state index contributed by atoms with van der Waals surface area (Å²) in [7, 11) is 1.57. The second-order valence-corrected chi connectivity index (χ2v) is 3.70. The molecule has 1 rings (SSSR count). The average molecular weight is 233 g/mol. The summed E-state index contributed by atoms with van der Waals surface area (Å²) < 4.78 is 18.3. The molecule has 0 saturated carbocycles. The van der Waals surface area contributed by atoms with E-state index in [-0.39, 0.29) is 11.9 Å². The molecule has 0 bridgehead atoms. The molecule has 1 atom stereocenters. The van der Waals surface area contributed by atoms with Crippen molar-refractivity contribution >= 4 is 11.6 Å². The maximum Gasteiger partial charge on any atom is 0.126 e. The van der Waals surface area contributed by atoms with E-state index in [0.29, 0.717) is 23.6 Å². The van der Waals surface area contributed by atoms with Crippen molar-refractivity contribution in [1.29, 1.82) is 0 Å². The molecule has 1 aromatic rings. The van der Waals surface area contributed by atoms with E-state index in [1.165, 1.54) is 12.1 Å². The molecule has 0 aromatic heterocycles. The van der Waals surface area contributed by atoms with E-state index in [4.69, 9.17) is 22.2 Å². The summed E-state index contributed by atoms with van der Waals surface area (Å²) in [6.45, 7) is 0.419. The molecule has 1 aromatic carbocycles. The highest BCUT2D eigenvalue weighted by Crippen LogP contribution is 2.16. The van der Waals surface area contributed by atoms with Crippen molar-refractivity contribution < 1.29 is 9.13 Å². The van der Waals surface area contributed by atoms with Crippen molar-refractivity contribution in [3.05, 3.63) is 34.6 Å². The second-order valence-electron chi connectivity index (χ2n) is 3.26. The fourth-order valence-corrected chi connectivity index (χ4v) is 1.53. The summed E-state index contributed by atoms with van der Waals surface area (Å²) in [5, 5.41) is 0.514. The van der Waals surface area contributed by atoms with E-state index < -0.39 is 0 Å². The molecule has 0 amide bonds. The molecular formula is C10H14ClFN2O. The Kier molecular flexibility index (Phi) is 4.98. The lowest BCUT2D eigenvalue weighted by Gasteiger charge is -2.15. The average Bonchev–Trinajstić information content (AvgIpc) is 2.22. The lowest BCUT2D eigenvalue weighted by molar-refractivity contribution is 0.166. The lowest BCUT2D eigenvalue weighted by atomic mass is 10.1. The molecule has 0 saturated heterocycles. The van der Waals surface area contributed by atoms with Crippen LogP contribution in [0.5, 0.6) is 0 Å². The van der Waals surface area contributed by atoms with Crippen molar-refractivity contribution in [2.24, 2.45) is 5.84 Å². The zero-order valence-corrected chi connectivity index (χ0v) is 9.22. The summed E-state index contributed by atoms with van der Waals surface area (Å²) >= 11 is 5.77. The number of hydrogen-bond donors (Lipinski definition) is 2. The summed E-state index contributed by atoms with van der Waals surface area (Å²) in [5.41, 5.74) is 3.09. The van der Waals surface area contributed by atoms with Gasteiger partial charge in [-0.1, -0.05) is 11.6 Å². The molecule has 84 valence electrons. The number of hydrazine groups is 1. The third-order valence-electron chi connectivity index (χ3n) is 2.08. The van der Waals surface area contributed by atoms with E-state index in [1.54, 1.807) is 13.2 Å². The molecule has 0 spiro atoms. The molecular weight excluding hydrogens is 219 g/mol. The highest BCUT2D eigenvalue weighted by molar-refractivity contribution is 6.30. The van der Waals surface area contributed by atoms with Gasteiger partial charge >= 0.3 is 0 Å². The van der Waals surface area contributed by atoms with Gasteiger partial charge in [0, 0.05) is 18.2 Å². The van der Waals surface area contributed by atoms with Gasteiger partial charge in [-0.25, -0.2) is 4.39 Å². The Morgan fingerprint density at radius 3 is 2.93 bits per heavy atom. The van der Waals surface area contributed by atoms with Crippen LogP contribution in [-0.2, 0) is 11.2 Å². The normalized spacial score (nSPS) is 12.8. The molecule has 3 nitrogen and oxygen atoms in total. The largest absolute Gasteiger partial charge is 0.383 e. The minimum atomic E-state index is -0.282. The van der Waals surface area contributed by atoms with Gasteiger partial charge < -0.3 is 4.74 Å². The molecule has 0 aliphatic carbocycles. The second kappa shape index (κ2) is 6.02. The fraction of sp³-hybridized carbons (Fsp3) is 0.400. The summed E-state index contributed by atoms with van der Waals surface area (Å²) in [6, 6.07) is 4.33. The van der Waals surface area contributed by atoms with Crippen LogP contribution in [0.1, 0.15) is 5.56 Å². The summed E-state index contributed by atoms with van der Waals surface area (Å²) in [6.07, 6.45) is 0.441. The van der Waals surface area contributed by atoms with E-state index in [0.717, 1.165) is 0 Å². The van der Waals surface area contributed by atoms with Crippen LogP contribution in [-0.4, -0.2) is 19.8 Å². The number of hydrogen-bond acceptors (Lipinski definition) is 3. The molecule has 1 unspecified atom stereocenters. The zero-order chi connectivity index (χ0) is 11.3. The third kappa shape index (κ3) is 3.76. The lowest BCUT2D eigenvalue weighted by Crippen LogP contribution is -2.40. The molecule has 0 aliphatic heterocycles. The number of rotatable bonds is 5. The molecule has 3 N–H and O–H groups in total. The topological polar surface area (TPSA) is 47.3 Å². The first-order valence-corrected chi connectivity index (χ1v) is 4.94. The Balaban J connectivity index is 2.73. The third-order valence-corrected chi connectivity index (χ3v) is 2.31. The van der Waals surface area contributed by atoms with E-state index >= 15 is 0 Å². The standard InChI is InChI=1S/C10H14ClFN2O/c1-15-6-9(14-13)5-7-4-8(11)2-3-10(7)12/h2-4,9,14H,5-6,13H2,1H3. The van der Waals surface area contributed by atoms with Gasteiger partial charge in [0.05, 0.1) is 6.61 Å². The SMILES string of the molecule is COCC(Cc1cc(Cl)ccc1F)NN. The number of methoxy groups -OCH3 is 1. The Hall–Kier alpha value is -0.680. The molecule has 0 radical (unpaired) electrons. The minimum Gasteiger partial charge on any atom is -0.383 e. The van der Waals surface area contributed by atoms with Gasteiger partial charge in [-0.05, 0) is 30.2 Å². The Bertz CT molecular complexity index is 322. The summed E-state index contributed by atoms with van der Waals surface area (Å²) in [5.74, 6) is 5.03. The summed E-state index contributed by atoms with van der Waals surface area (Å²) in [4.78, 5) is 0. The first-order chi connectivity index (χ1) is 7.17. The number of ether oxygens (including phenoxy) is 1. The Labute approximate surface area is 93.3 Å². The van der Waals surface area contributed by atoms with Crippen LogP contribution in [0.15, 0.2) is 18.2 Å². The predicted molar refractivity (Wildman–Crippen MR) is 58.1 cm³/mol. The Morgan fingerprint density at radius 1 is 1.60 bits per heavy atom. The molecule has 0 fully saturated rings. The van der Waals surface area contributed by atoms with Crippen molar-refractivity contribution in [2.45, 2.75) is 12.5 Å². The van der Waals surface area contributed by atoms with E-state index in [2.05, 4.69) is 5.43 Å². The van der Waals surface area contributed by atoms with Crippen LogP contribution in [0.25, 0.3) is 0 Å². The smallest absolute Gasteiger partial charge is 0.126 e. The molecule has 15 heavy (non-hydrogen) atoms. The maximum absolute atomic E-state index is 13.3. The highest BCUT2D eigenvalue weighted by atomic mass is 35.5. The molecule has 0 aliphatic rings. The quantitative estimate of drug-likeness (QED) is 0.598. The van der Waals surface area contributed by atoms with Gasteiger partial charge in [0.25, 0.3) is 0 Å². The van der Waals surface area contributed by atoms with Gasteiger partial charge in [0.1, 0.15) is 5.82 Å². The van der Waals surface area contributed by atoms with Crippen molar-refractivity contribution in [3.63, 3.8) is 0 Å². The number of benzene rings is 1. The van der Waals surface area contributed by atoms with Crippen molar-refractivity contribution in [2.75, 3.05) is 13.7 Å². The van der Waals surface area contributed by atoms with Gasteiger partial charge in [0.2, 0.25) is 0 Å². The van der Waals surface area contributed by atoms with Crippen LogP contribution in [0.2, 0.25) is 5.02 Å². The number of halogens is 2. The Morgan fingerprint density at radius 2 is 2.33 bits per heavy atom. The number of nitrogens with one attached hydrogen (secondary N) is 1. The van der Waals surface area contributed by atoms with Crippen LogP contribution in [0.4, 0.5) is 4.39 Å². The van der Waals surface area contributed by atoms with Gasteiger partial charge in [-0.15, -0.1) is 0 Å². The first-order valence-electron chi connectivity index (χ1n) is 4.56. The maximum atomic E-state index is 13.3. The van der Waals surface area contributed by atoms with E-state index in [9.17, 15) is 4.39 Å². The predicted octanol–water partition coefficient (Wildman–Crippen LogP) is 1.50. The molecule has 0 heterocycles. The van der Waals surface area contributed by atoms with Crippen molar-refractivity contribution in [3.8, 4) is 0 Å². The first kappa shape index (κ1) is 12.4. The fourth-order valence-electron chi connectivity index (χ4n) is 1.33. The van der Waals surface area contributed by atoms with Gasteiger partial charge in [-0.3, -0.25) is 11.3 Å². The monoisotopic (exact) mass is 232 g/mol. The van der Waals surface area contributed by atoms with Gasteiger partial charge in [-0.2, -0.15) is 0 Å². The van der Waals surface area contributed by atoms with Crippen molar-refractivity contribution in [1.82, 2.24) is 5.43 Å². The van der Waals surface area contributed by atoms with Crippen LogP contribution in [0.3, 0.4) is 0 Å². The van der Waals surface area contributed by atoms with Crippen LogP contribution >= 0.6 is 11.6 Å². The number of nitrogens with two attached hydrogens (primary N) is 1. The van der Waals surface area contributed by atoms with E-state index in [1.807, 2.05) is 0 Å². The van der Waals surface area contributed by atoms with Gasteiger partial charge in [0.15, 0.2) is 0 Å². The zero-order valence-electron chi connectivity index (χ0n) is 8.47. The van der Waals surface area contributed by atoms with Crippen LogP contribution < -0.4 is 11.3 Å². The highest BCUT2D eigenvalue weighted by Gasteiger charge is 2.11. The minimum absolute atomic E-state index is 0.122. The molecule has 5 heteroatoms. The van der Waals surface area contributed by atoms with Crippen LogP contribution in [0, 0.1) is 5.82 Å².